The molecule has 0 spiro atoms. The van der Waals surface area contributed by atoms with E-state index in [1.807, 2.05) is 6.07 Å². The lowest BCUT2D eigenvalue weighted by Gasteiger charge is -2.21. The van der Waals surface area contributed by atoms with E-state index in [9.17, 15) is 0 Å². The highest BCUT2D eigenvalue weighted by molar-refractivity contribution is 7.15. The summed E-state index contributed by atoms with van der Waals surface area (Å²) in [6.45, 7) is 5.28. The van der Waals surface area contributed by atoms with E-state index in [0.29, 0.717) is 6.04 Å². The Labute approximate surface area is 118 Å². The van der Waals surface area contributed by atoms with Crippen molar-refractivity contribution < 1.29 is 4.42 Å². The number of aryl methyl sites for hydroxylation is 2. The molecule has 1 aliphatic rings. The molecule has 2 heterocycles. The van der Waals surface area contributed by atoms with Crippen molar-refractivity contribution in [3.63, 3.8) is 0 Å². The van der Waals surface area contributed by atoms with Crippen molar-refractivity contribution >= 4 is 11.3 Å². The molecule has 0 aromatic carbocycles. The van der Waals surface area contributed by atoms with Crippen LogP contribution in [0.4, 0.5) is 0 Å². The number of thiazole rings is 1. The van der Waals surface area contributed by atoms with E-state index < -0.39 is 0 Å². The van der Waals surface area contributed by atoms with Gasteiger partial charge in [-0.2, -0.15) is 0 Å². The molecule has 4 heteroatoms. The minimum atomic E-state index is 0.487. The summed E-state index contributed by atoms with van der Waals surface area (Å²) < 4.78 is 5.82. The van der Waals surface area contributed by atoms with E-state index in [1.54, 1.807) is 11.3 Å². The van der Waals surface area contributed by atoms with Gasteiger partial charge in [0.05, 0.1) is 5.69 Å². The smallest absolute Gasteiger partial charge is 0.162 e. The Morgan fingerprint density at radius 2 is 2.32 bits per heavy atom. The van der Waals surface area contributed by atoms with Crippen LogP contribution in [0.3, 0.4) is 0 Å². The summed E-state index contributed by atoms with van der Waals surface area (Å²) in [7, 11) is 0. The summed E-state index contributed by atoms with van der Waals surface area (Å²) in [6, 6.07) is 4.59. The standard InChI is InChI=1S/C15H20N2OS/c1-3-10-8-9-13(18-10)15-17-12-7-5-6-11(16-4-2)14(12)19-15/h8-9,11,16H,3-7H2,1-2H3. The third-order valence-corrected chi connectivity index (χ3v) is 4.85. The van der Waals surface area contributed by atoms with Gasteiger partial charge in [-0.15, -0.1) is 11.3 Å². The van der Waals surface area contributed by atoms with Crippen molar-refractivity contribution in [1.82, 2.24) is 10.3 Å². The third-order valence-electron chi connectivity index (χ3n) is 3.62. The van der Waals surface area contributed by atoms with Gasteiger partial charge in [-0.3, -0.25) is 0 Å². The van der Waals surface area contributed by atoms with Gasteiger partial charge >= 0.3 is 0 Å². The molecule has 3 nitrogen and oxygen atoms in total. The number of furan rings is 1. The minimum Gasteiger partial charge on any atom is -0.459 e. The third kappa shape index (κ3) is 2.47. The van der Waals surface area contributed by atoms with Crippen LogP contribution >= 0.6 is 11.3 Å². The predicted molar refractivity (Wildman–Crippen MR) is 78.5 cm³/mol. The largest absolute Gasteiger partial charge is 0.459 e. The summed E-state index contributed by atoms with van der Waals surface area (Å²) >= 11 is 1.79. The minimum absolute atomic E-state index is 0.487. The lowest BCUT2D eigenvalue weighted by molar-refractivity contribution is 0.476. The Hall–Kier alpha value is -1.13. The zero-order valence-corrected chi connectivity index (χ0v) is 12.3. The Balaban J connectivity index is 1.92. The molecule has 102 valence electrons. The molecule has 1 unspecified atom stereocenters. The molecule has 0 amide bonds. The maximum Gasteiger partial charge on any atom is 0.162 e. The molecule has 19 heavy (non-hydrogen) atoms. The first-order valence-corrected chi connectivity index (χ1v) is 7.95. The predicted octanol–water partition coefficient (Wildman–Crippen LogP) is 3.95. The number of hydrogen-bond acceptors (Lipinski definition) is 4. The van der Waals surface area contributed by atoms with E-state index >= 15 is 0 Å². The fourth-order valence-corrected chi connectivity index (χ4v) is 3.83. The maximum absolute atomic E-state index is 5.82. The van der Waals surface area contributed by atoms with E-state index in [2.05, 4.69) is 25.2 Å². The zero-order chi connectivity index (χ0) is 13.2. The van der Waals surface area contributed by atoms with Crippen molar-refractivity contribution in [2.24, 2.45) is 0 Å². The Bertz CT molecular complexity index is 558. The van der Waals surface area contributed by atoms with Gasteiger partial charge in [-0.05, 0) is 37.9 Å². The average molecular weight is 276 g/mol. The summed E-state index contributed by atoms with van der Waals surface area (Å²) in [6.07, 6.45) is 4.49. The average Bonchev–Trinajstić information content (AvgIpc) is 3.05. The van der Waals surface area contributed by atoms with E-state index in [1.165, 1.54) is 23.4 Å². The van der Waals surface area contributed by atoms with Gasteiger partial charge < -0.3 is 9.73 Å². The van der Waals surface area contributed by atoms with Gasteiger partial charge in [-0.1, -0.05) is 13.8 Å². The van der Waals surface area contributed by atoms with Crippen LogP contribution in [0.1, 0.15) is 49.1 Å². The lowest BCUT2D eigenvalue weighted by atomic mass is 9.98. The lowest BCUT2D eigenvalue weighted by Crippen LogP contribution is -2.23. The Morgan fingerprint density at radius 1 is 1.42 bits per heavy atom. The number of fused-ring (bicyclic) bond motifs is 1. The summed E-state index contributed by atoms with van der Waals surface area (Å²) in [5, 5.41) is 4.60. The van der Waals surface area contributed by atoms with Gasteiger partial charge in [0.2, 0.25) is 0 Å². The molecular weight excluding hydrogens is 256 g/mol. The molecule has 1 N–H and O–H groups in total. The summed E-state index contributed by atoms with van der Waals surface area (Å²) in [5.74, 6) is 1.96. The highest BCUT2D eigenvalue weighted by Crippen LogP contribution is 2.38. The van der Waals surface area contributed by atoms with E-state index in [-0.39, 0.29) is 0 Å². The fraction of sp³-hybridized carbons (Fsp3) is 0.533. The van der Waals surface area contributed by atoms with Gasteiger partial charge in [0, 0.05) is 17.3 Å². The maximum atomic E-state index is 5.82. The zero-order valence-electron chi connectivity index (χ0n) is 11.5. The second-order valence-corrected chi connectivity index (χ2v) is 5.98. The summed E-state index contributed by atoms with van der Waals surface area (Å²) in [4.78, 5) is 6.20. The van der Waals surface area contributed by atoms with Crippen LogP contribution in [0.5, 0.6) is 0 Å². The SMILES string of the molecule is CCNC1CCCc2nc(-c3ccc(CC)o3)sc21. The van der Waals surface area contributed by atoms with Crippen LogP contribution in [0.15, 0.2) is 16.5 Å². The molecule has 3 rings (SSSR count). The van der Waals surface area contributed by atoms with Crippen LogP contribution < -0.4 is 5.32 Å². The normalized spacial score (nSPS) is 18.5. The fourth-order valence-electron chi connectivity index (χ4n) is 2.65. The molecule has 0 aliphatic heterocycles. The van der Waals surface area contributed by atoms with Crippen LogP contribution in [0.2, 0.25) is 0 Å². The van der Waals surface area contributed by atoms with E-state index in [4.69, 9.17) is 9.40 Å². The molecule has 0 saturated carbocycles. The molecule has 0 bridgehead atoms. The van der Waals surface area contributed by atoms with E-state index in [0.717, 1.165) is 35.9 Å². The Kier molecular flexibility index (Phi) is 3.71. The first kappa shape index (κ1) is 12.9. The quantitative estimate of drug-likeness (QED) is 0.918. The van der Waals surface area contributed by atoms with Crippen molar-refractivity contribution in [3.05, 3.63) is 28.5 Å². The molecule has 2 aromatic rings. The van der Waals surface area contributed by atoms with Crippen LogP contribution in [-0.4, -0.2) is 11.5 Å². The van der Waals surface area contributed by atoms with Crippen molar-refractivity contribution in [3.8, 4) is 10.8 Å². The van der Waals surface area contributed by atoms with Gasteiger partial charge in [0.15, 0.2) is 10.8 Å². The summed E-state index contributed by atoms with van der Waals surface area (Å²) in [5.41, 5.74) is 1.27. The van der Waals surface area contributed by atoms with Crippen molar-refractivity contribution in [2.75, 3.05) is 6.54 Å². The number of aromatic nitrogens is 1. The van der Waals surface area contributed by atoms with Gasteiger partial charge in [0.25, 0.3) is 0 Å². The highest BCUT2D eigenvalue weighted by atomic mass is 32.1. The Morgan fingerprint density at radius 3 is 3.05 bits per heavy atom. The number of nitrogens with one attached hydrogen (secondary N) is 1. The topological polar surface area (TPSA) is 38.1 Å². The second kappa shape index (κ2) is 5.47. The highest BCUT2D eigenvalue weighted by Gasteiger charge is 2.24. The monoisotopic (exact) mass is 276 g/mol. The first-order chi connectivity index (χ1) is 9.31. The van der Waals surface area contributed by atoms with Crippen LogP contribution in [0, 0.1) is 0 Å². The molecular formula is C15H20N2OS. The molecule has 1 aliphatic carbocycles. The molecule has 0 saturated heterocycles. The van der Waals surface area contributed by atoms with Crippen molar-refractivity contribution in [1.29, 1.82) is 0 Å². The van der Waals surface area contributed by atoms with Gasteiger partial charge in [-0.25, -0.2) is 4.98 Å². The second-order valence-electron chi connectivity index (χ2n) is 4.95. The van der Waals surface area contributed by atoms with Gasteiger partial charge in [0.1, 0.15) is 5.76 Å². The number of rotatable bonds is 4. The number of nitrogens with zero attached hydrogens (tertiary/aromatic N) is 1. The van der Waals surface area contributed by atoms with Crippen LogP contribution in [0.25, 0.3) is 10.8 Å². The number of hydrogen-bond donors (Lipinski definition) is 1. The first-order valence-electron chi connectivity index (χ1n) is 7.13. The molecule has 0 fully saturated rings. The van der Waals surface area contributed by atoms with Crippen molar-refractivity contribution in [2.45, 2.75) is 45.6 Å². The van der Waals surface area contributed by atoms with Crippen LogP contribution in [-0.2, 0) is 12.8 Å². The molecule has 0 radical (unpaired) electrons. The molecule has 1 atom stereocenters. The molecule has 2 aromatic heterocycles.